The Kier molecular flexibility index (Phi) is 4.74. The molecular formula is C16H18ClNO2. The van der Waals surface area contributed by atoms with Gasteiger partial charge in [-0.2, -0.15) is 0 Å². The van der Waals surface area contributed by atoms with Crippen molar-refractivity contribution in [1.29, 1.82) is 0 Å². The molecule has 20 heavy (non-hydrogen) atoms. The number of ether oxygens (including phenoxy) is 2. The van der Waals surface area contributed by atoms with Crippen LogP contribution in [0.15, 0.2) is 36.4 Å². The van der Waals surface area contributed by atoms with E-state index in [1.165, 1.54) is 0 Å². The van der Waals surface area contributed by atoms with Crippen LogP contribution in [0.1, 0.15) is 18.9 Å². The van der Waals surface area contributed by atoms with E-state index in [2.05, 4.69) is 6.92 Å². The summed E-state index contributed by atoms with van der Waals surface area (Å²) >= 11 is 6.01. The molecule has 2 rings (SSSR count). The van der Waals surface area contributed by atoms with Gasteiger partial charge in [0.25, 0.3) is 0 Å². The second-order valence-corrected chi connectivity index (χ2v) is 4.97. The molecule has 0 atom stereocenters. The standard InChI is InChI=1S/C16H18ClNO2/c1-3-8-19-12-4-6-13(7-5-12)20-16-10-14(17)15(18)9-11(16)2/h4-7,9-10H,3,8,18H2,1-2H3. The first-order valence-corrected chi connectivity index (χ1v) is 6.94. The third-order valence-corrected chi connectivity index (χ3v) is 3.15. The van der Waals surface area contributed by atoms with Gasteiger partial charge >= 0.3 is 0 Å². The third kappa shape index (κ3) is 3.58. The molecule has 0 bridgehead atoms. The highest BCUT2D eigenvalue weighted by Crippen LogP contribution is 2.32. The van der Waals surface area contributed by atoms with E-state index in [-0.39, 0.29) is 0 Å². The van der Waals surface area contributed by atoms with Crippen LogP contribution in [-0.2, 0) is 0 Å². The number of aryl methyl sites for hydroxylation is 1. The molecular weight excluding hydrogens is 274 g/mol. The van der Waals surface area contributed by atoms with Gasteiger partial charge < -0.3 is 15.2 Å². The van der Waals surface area contributed by atoms with Crippen LogP contribution in [0.25, 0.3) is 0 Å². The lowest BCUT2D eigenvalue weighted by Crippen LogP contribution is -1.95. The molecule has 0 unspecified atom stereocenters. The van der Waals surface area contributed by atoms with Crippen molar-refractivity contribution in [3.8, 4) is 17.2 Å². The highest BCUT2D eigenvalue weighted by molar-refractivity contribution is 6.33. The van der Waals surface area contributed by atoms with Gasteiger partial charge in [-0.3, -0.25) is 0 Å². The van der Waals surface area contributed by atoms with Gasteiger partial charge in [-0.25, -0.2) is 0 Å². The highest BCUT2D eigenvalue weighted by atomic mass is 35.5. The van der Waals surface area contributed by atoms with E-state index in [1.807, 2.05) is 31.2 Å². The van der Waals surface area contributed by atoms with Crippen molar-refractivity contribution in [2.45, 2.75) is 20.3 Å². The summed E-state index contributed by atoms with van der Waals surface area (Å²) in [5.41, 5.74) is 7.24. The van der Waals surface area contributed by atoms with Gasteiger partial charge in [-0.05, 0) is 49.2 Å². The molecule has 0 amide bonds. The minimum atomic E-state index is 0.494. The van der Waals surface area contributed by atoms with Crippen LogP contribution >= 0.6 is 11.6 Å². The Bertz CT molecular complexity index is 582. The molecule has 0 saturated carbocycles. The van der Waals surface area contributed by atoms with Gasteiger partial charge in [0.2, 0.25) is 0 Å². The largest absolute Gasteiger partial charge is 0.494 e. The normalized spacial score (nSPS) is 10.3. The van der Waals surface area contributed by atoms with Crippen molar-refractivity contribution in [3.05, 3.63) is 47.0 Å². The molecule has 0 fully saturated rings. The zero-order chi connectivity index (χ0) is 14.5. The molecule has 3 nitrogen and oxygen atoms in total. The fourth-order valence-corrected chi connectivity index (χ4v) is 1.90. The Morgan fingerprint density at radius 2 is 1.75 bits per heavy atom. The van der Waals surface area contributed by atoms with Crippen LogP contribution < -0.4 is 15.2 Å². The number of halogens is 1. The Labute approximate surface area is 124 Å². The molecule has 2 aromatic carbocycles. The SMILES string of the molecule is CCCOc1ccc(Oc2cc(Cl)c(N)cc2C)cc1. The Morgan fingerprint density at radius 3 is 2.40 bits per heavy atom. The van der Waals surface area contributed by atoms with Crippen LogP contribution in [0.5, 0.6) is 17.2 Å². The van der Waals surface area contributed by atoms with Crippen molar-refractivity contribution in [1.82, 2.24) is 0 Å². The molecule has 0 aliphatic carbocycles. The molecule has 0 aliphatic heterocycles. The quantitative estimate of drug-likeness (QED) is 0.804. The fourth-order valence-electron chi connectivity index (χ4n) is 1.75. The van der Waals surface area contributed by atoms with Crippen LogP contribution in [0.3, 0.4) is 0 Å². The lowest BCUT2D eigenvalue weighted by molar-refractivity contribution is 0.317. The van der Waals surface area contributed by atoms with Crippen molar-refractivity contribution < 1.29 is 9.47 Å². The number of rotatable bonds is 5. The second-order valence-electron chi connectivity index (χ2n) is 4.56. The number of hydrogen-bond donors (Lipinski definition) is 1. The molecule has 0 heterocycles. The van der Waals surface area contributed by atoms with Crippen LogP contribution in [0.4, 0.5) is 5.69 Å². The van der Waals surface area contributed by atoms with E-state index in [9.17, 15) is 0 Å². The molecule has 4 heteroatoms. The number of benzene rings is 2. The minimum absolute atomic E-state index is 0.494. The summed E-state index contributed by atoms with van der Waals surface area (Å²) in [7, 11) is 0. The number of hydrogen-bond acceptors (Lipinski definition) is 3. The lowest BCUT2D eigenvalue weighted by Gasteiger charge is -2.11. The lowest BCUT2D eigenvalue weighted by atomic mass is 10.2. The molecule has 0 saturated heterocycles. The Balaban J connectivity index is 2.12. The molecule has 0 radical (unpaired) electrons. The predicted octanol–water partition coefficient (Wildman–Crippen LogP) is 4.81. The summed E-state index contributed by atoms with van der Waals surface area (Å²) < 4.78 is 11.3. The van der Waals surface area contributed by atoms with Gasteiger partial charge in [0.15, 0.2) is 0 Å². The second kappa shape index (κ2) is 6.53. The summed E-state index contributed by atoms with van der Waals surface area (Å²) in [6, 6.07) is 11.0. The van der Waals surface area contributed by atoms with Crippen molar-refractivity contribution >= 4 is 17.3 Å². The van der Waals surface area contributed by atoms with Crippen molar-refractivity contribution in [2.75, 3.05) is 12.3 Å². The van der Waals surface area contributed by atoms with E-state index in [4.69, 9.17) is 26.8 Å². The van der Waals surface area contributed by atoms with E-state index < -0.39 is 0 Å². The van der Waals surface area contributed by atoms with Gasteiger partial charge in [0.1, 0.15) is 17.2 Å². The Hall–Kier alpha value is -1.87. The first kappa shape index (κ1) is 14.5. The third-order valence-electron chi connectivity index (χ3n) is 2.82. The van der Waals surface area contributed by atoms with E-state index in [1.54, 1.807) is 12.1 Å². The van der Waals surface area contributed by atoms with Gasteiger partial charge in [-0.1, -0.05) is 18.5 Å². The summed E-state index contributed by atoms with van der Waals surface area (Å²) in [6.07, 6.45) is 0.987. The number of nitrogen functional groups attached to an aromatic ring is 1. The smallest absolute Gasteiger partial charge is 0.131 e. The first-order valence-electron chi connectivity index (χ1n) is 6.56. The van der Waals surface area contributed by atoms with E-state index >= 15 is 0 Å². The molecule has 2 N–H and O–H groups in total. The van der Waals surface area contributed by atoms with Gasteiger partial charge in [-0.15, -0.1) is 0 Å². The zero-order valence-corrected chi connectivity index (χ0v) is 12.4. The minimum Gasteiger partial charge on any atom is -0.494 e. The van der Waals surface area contributed by atoms with E-state index in [0.29, 0.717) is 23.1 Å². The van der Waals surface area contributed by atoms with E-state index in [0.717, 1.165) is 23.5 Å². The first-order chi connectivity index (χ1) is 9.60. The zero-order valence-electron chi connectivity index (χ0n) is 11.7. The topological polar surface area (TPSA) is 44.5 Å². The number of anilines is 1. The average molecular weight is 292 g/mol. The van der Waals surface area contributed by atoms with Gasteiger partial charge in [0.05, 0.1) is 17.3 Å². The molecule has 106 valence electrons. The summed E-state index contributed by atoms with van der Waals surface area (Å²) in [4.78, 5) is 0. The molecule has 0 aliphatic rings. The summed E-state index contributed by atoms with van der Waals surface area (Å²) in [6.45, 7) is 4.72. The Morgan fingerprint density at radius 1 is 1.10 bits per heavy atom. The average Bonchev–Trinajstić information content (AvgIpc) is 2.44. The summed E-state index contributed by atoms with van der Waals surface area (Å²) in [5, 5.41) is 0.494. The predicted molar refractivity (Wildman–Crippen MR) is 82.9 cm³/mol. The monoisotopic (exact) mass is 291 g/mol. The van der Waals surface area contributed by atoms with Crippen molar-refractivity contribution in [3.63, 3.8) is 0 Å². The van der Waals surface area contributed by atoms with Crippen LogP contribution in [0, 0.1) is 6.92 Å². The van der Waals surface area contributed by atoms with Crippen LogP contribution in [0.2, 0.25) is 5.02 Å². The molecule has 0 spiro atoms. The van der Waals surface area contributed by atoms with Gasteiger partial charge in [0, 0.05) is 6.07 Å². The fraction of sp³-hybridized carbons (Fsp3) is 0.250. The van der Waals surface area contributed by atoms with Crippen molar-refractivity contribution in [2.24, 2.45) is 0 Å². The maximum Gasteiger partial charge on any atom is 0.131 e. The molecule has 2 aromatic rings. The maximum absolute atomic E-state index is 6.01. The number of nitrogens with two attached hydrogens (primary N) is 1. The molecule has 0 aromatic heterocycles. The maximum atomic E-state index is 6.01. The summed E-state index contributed by atoms with van der Waals surface area (Å²) in [5.74, 6) is 2.27. The van der Waals surface area contributed by atoms with Crippen LogP contribution in [-0.4, -0.2) is 6.61 Å². The highest BCUT2D eigenvalue weighted by Gasteiger charge is 2.06.